The van der Waals surface area contributed by atoms with Gasteiger partial charge in [0.25, 0.3) is 0 Å². The van der Waals surface area contributed by atoms with Crippen LogP contribution in [-0.4, -0.2) is 39.8 Å². The maximum absolute atomic E-state index is 14.5. The van der Waals surface area contributed by atoms with Gasteiger partial charge in [-0.3, -0.25) is 0 Å². The first-order valence-corrected chi connectivity index (χ1v) is 10.7. The van der Waals surface area contributed by atoms with Crippen molar-refractivity contribution in [1.29, 1.82) is 0 Å². The van der Waals surface area contributed by atoms with Crippen molar-refractivity contribution in [3.63, 3.8) is 0 Å². The van der Waals surface area contributed by atoms with Gasteiger partial charge < -0.3 is 25.0 Å². The maximum Gasteiger partial charge on any atom is 0.191 e. The predicted molar refractivity (Wildman–Crippen MR) is 139 cm³/mol. The number of benzene rings is 2. The molecule has 1 aromatic heterocycles. The standard InChI is InChI=1S/C24H30FN5O2.HI/c1-4-27-24(29-15-23(31)19-6-5-7-20(13-19)32-17(2)3)28-14-18-8-9-22(21(25)12-18)30-11-10-26-16-30;/h5-13,16-17,23,31H,4,14-15H2,1-3H3,(H2,27,28,29);1H. The molecule has 0 aliphatic rings. The quantitative estimate of drug-likeness (QED) is 0.205. The fourth-order valence-corrected chi connectivity index (χ4v) is 3.15. The lowest BCUT2D eigenvalue weighted by Gasteiger charge is -2.17. The second-order valence-corrected chi connectivity index (χ2v) is 7.59. The summed E-state index contributed by atoms with van der Waals surface area (Å²) < 4.78 is 21.8. The number of aromatic nitrogens is 2. The van der Waals surface area contributed by atoms with Gasteiger partial charge in [0, 0.05) is 25.5 Å². The van der Waals surface area contributed by atoms with Gasteiger partial charge in [-0.05, 0) is 56.2 Å². The molecule has 0 aliphatic heterocycles. The average molecular weight is 567 g/mol. The average Bonchev–Trinajstić information content (AvgIpc) is 3.30. The molecule has 0 saturated carbocycles. The van der Waals surface area contributed by atoms with E-state index in [0.717, 1.165) is 16.9 Å². The van der Waals surface area contributed by atoms with Crippen LogP contribution in [0.2, 0.25) is 0 Å². The third kappa shape index (κ3) is 8.01. The summed E-state index contributed by atoms with van der Waals surface area (Å²) in [6.45, 7) is 7.10. The van der Waals surface area contributed by atoms with Crippen LogP contribution >= 0.6 is 24.0 Å². The number of guanidine groups is 1. The first-order chi connectivity index (χ1) is 15.5. The molecular weight excluding hydrogens is 536 g/mol. The van der Waals surface area contributed by atoms with E-state index in [-0.39, 0.29) is 42.4 Å². The van der Waals surface area contributed by atoms with E-state index in [0.29, 0.717) is 24.7 Å². The van der Waals surface area contributed by atoms with Crippen molar-refractivity contribution in [2.45, 2.75) is 39.5 Å². The van der Waals surface area contributed by atoms with Crippen molar-refractivity contribution in [3.8, 4) is 11.4 Å². The molecule has 178 valence electrons. The molecule has 0 saturated heterocycles. The van der Waals surface area contributed by atoms with Crippen LogP contribution in [0.25, 0.3) is 5.69 Å². The third-order valence-corrected chi connectivity index (χ3v) is 4.64. The first-order valence-electron chi connectivity index (χ1n) is 10.7. The Morgan fingerprint density at radius 3 is 2.70 bits per heavy atom. The zero-order valence-electron chi connectivity index (χ0n) is 19.0. The van der Waals surface area contributed by atoms with Crippen LogP contribution in [0.5, 0.6) is 5.75 Å². The van der Waals surface area contributed by atoms with Crippen molar-refractivity contribution < 1.29 is 14.2 Å². The molecule has 3 N–H and O–H groups in total. The number of imidazole rings is 1. The van der Waals surface area contributed by atoms with Gasteiger partial charge in [-0.25, -0.2) is 14.4 Å². The van der Waals surface area contributed by atoms with E-state index >= 15 is 0 Å². The summed E-state index contributed by atoms with van der Waals surface area (Å²) in [6, 6.07) is 12.4. The highest BCUT2D eigenvalue weighted by atomic mass is 127. The predicted octanol–water partition coefficient (Wildman–Crippen LogP) is 4.21. The molecule has 1 atom stereocenters. The zero-order valence-corrected chi connectivity index (χ0v) is 21.4. The largest absolute Gasteiger partial charge is 0.491 e. The zero-order chi connectivity index (χ0) is 22.9. The van der Waals surface area contributed by atoms with E-state index in [4.69, 9.17) is 4.74 Å². The number of aliphatic hydroxyl groups is 1. The van der Waals surface area contributed by atoms with Gasteiger partial charge in [0.2, 0.25) is 0 Å². The Morgan fingerprint density at radius 1 is 1.21 bits per heavy atom. The topological polar surface area (TPSA) is 83.7 Å². The summed E-state index contributed by atoms with van der Waals surface area (Å²) in [7, 11) is 0. The van der Waals surface area contributed by atoms with E-state index in [1.165, 1.54) is 6.07 Å². The van der Waals surface area contributed by atoms with E-state index < -0.39 is 6.10 Å². The van der Waals surface area contributed by atoms with E-state index in [9.17, 15) is 9.50 Å². The second kappa shape index (κ2) is 13.1. The molecule has 0 bridgehead atoms. The Labute approximate surface area is 211 Å². The molecule has 0 spiro atoms. The number of aliphatic imine (C=N–C) groups is 1. The number of hydrogen-bond donors (Lipinski definition) is 3. The van der Waals surface area contributed by atoms with E-state index in [1.807, 2.05) is 51.1 Å². The molecule has 9 heteroatoms. The van der Waals surface area contributed by atoms with Gasteiger partial charge in [-0.1, -0.05) is 18.2 Å². The summed E-state index contributed by atoms with van der Waals surface area (Å²) in [5.41, 5.74) is 1.93. The lowest BCUT2D eigenvalue weighted by Crippen LogP contribution is -2.39. The van der Waals surface area contributed by atoms with Gasteiger partial charge in [-0.15, -0.1) is 24.0 Å². The van der Waals surface area contributed by atoms with Crippen molar-refractivity contribution in [2.24, 2.45) is 4.99 Å². The SMILES string of the molecule is CCNC(=NCc1ccc(-n2ccnc2)c(F)c1)NCC(O)c1cccc(OC(C)C)c1.I. The van der Waals surface area contributed by atoms with Gasteiger partial charge in [-0.2, -0.15) is 0 Å². The lowest BCUT2D eigenvalue weighted by atomic mass is 10.1. The molecule has 0 aliphatic carbocycles. The Morgan fingerprint density at radius 2 is 2.03 bits per heavy atom. The van der Waals surface area contributed by atoms with Crippen LogP contribution in [0.15, 0.2) is 66.2 Å². The minimum Gasteiger partial charge on any atom is -0.491 e. The number of nitrogens with one attached hydrogen (secondary N) is 2. The van der Waals surface area contributed by atoms with Crippen LogP contribution in [0.1, 0.15) is 38.0 Å². The Bertz CT molecular complexity index is 1030. The van der Waals surface area contributed by atoms with Crippen LogP contribution in [0, 0.1) is 5.82 Å². The molecule has 7 nitrogen and oxygen atoms in total. The van der Waals surface area contributed by atoms with Crippen LogP contribution in [0.4, 0.5) is 4.39 Å². The summed E-state index contributed by atoms with van der Waals surface area (Å²) in [5.74, 6) is 0.922. The number of aliphatic hydroxyl groups excluding tert-OH is 1. The lowest BCUT2D eigenvalue weighted by molar-refractivity contribution is 0.179. The highest BCUT2D eigenvalue weighted by Gasteiger charge is 2.11. The van der Waals surface area contributed by atoms with Crippen molar-refractivity contribution >= 4 is 29.9 Å². The minimum atomic E-state index is -0.735. The fourth-order valence-electron chi connectivity index (χ4n) is 3.15. The smallest absolute Gasteiger partial charge is 0.191 e. The Kier molecular flexibility index (Phi) is 10.6. The minimum absolute atomic E-state index is 0. The highest BCUT2D eigenvalue weighted by Crippen LogP contribution is 2.20. The summed E-state index contributed by atoms with van der Waals surface area (Å²) in [6.07, 6.45) is 4.18. The highest BCUT2D eigenvalue weighted by molar-refractivity contribution is 14.0. The molecule has 3 aromatic rings. The molecular formula is C24H31FIN5O2. The van der Waals surface area contributed by atoms with Gasteiger partial charge >= 0.3 is 0 Å². The Balaban J connectivity index is 0.00000385. The number of rotatable bonds is 9. The Hall–Kier alpha value is -2.66. The van der Waals surface area contributed by atoms with E-state index in [1.54, 1.807) is 29.4 Å². The van der Waals surface area contributed by atoms with Crippen LogP contribution in [-0.2, 0) is 6.54 Å². The molecule has 3 rings (SSSR count). The fraction of sp³-hybridized carbons (Fsp3) is 0.333. The van der Waals surface area contributed by atoms with Crippen LogP contribution < -0.4 is 15.4 Å². The van der Waals surface area contributed by atoms with Crippen LogP contribution in [0.3, 0.4) is 0 Å². The van der Waals surface area contributed by atoms with Crippen molar-refractivity contribution in [1.82, 2.24) is 20.2 Å². The summed E-state index contributed by atoms with van der Waals surface area (Å²) in [5, 5.41) is 16.9. The number of hydrogen-bond acceptors (Lipinski definition) is 4. The molecule has 0 fully saturated rings. The molecule has 0 amide bonds. The summed E-state index contributed by atoms with van der Waals surface area (Å²) in [4.78, 5) is 8.46. The molecule has 1 heterocycles. The molecule has 1 unspecified atom stereocenters. The molecule has 33 heavy (non-hydrogen) atoms. The maximum atomic E-state index is 14.5. The number of ether oxygens (including phenoxy) is 1. The number of halogens is 2. The summed E-state index contributed by atoms with van der Waals surface area (Å²) >= 11 is 0. The third-order valence-electron chi connectivity index (χ3n) is 4.64. The van der Waals surface area contributed by atoms with Gasteiger partial charge in [0.1, 0.15) is 11.6 Å². The van der Waals surface area contributed by atoms with Crippen molar-refractivity contribution in [3.05, 3.63) is 78.1 Å². The molecule has 0 radical (unpaired) electrons. The van der Waals surface area contributed by atoms with Gasteiger partial charge in [0.15, 0.2) is 5.96 Å². The normalized spacial score (nSPS) is 12.2. The van der Waals surface area contributed by atoms with Crippen molar-refractivity contribution in [2.75, 3.05) is 13.1 Å². The second-order valence-electron chi connectivity index (χ2n) is 7.59. The number of nitrogens with zero attached hydrogens (tertiary/aromatic N) is 3. The van der Waals surface area contributed by atoms with E-state index in [2.05, 4.69) is 20.6 Å². The van der Waals surface area contributed by atoms with Gasteiger partial charge in [0.05, 0.1) is 30.8 Å². The first kappa shape index (κ1) is 26.6. The monoisotopic (exact) mass is 567 g/mol. The molecule has 2 aromatic carbocycles.